The van der Waals surface area contributed by atoms with Crippen molar-refractivity contribution < 1.29 is 9.59 Å². The lowest BCUT2D eigenvalue weighted by molar-refractivity contribution is -0.126. The molecule has 0 aromatic rings. The summed E-state index contributed by atoms with van der Waals surface area (Å²) < 4.78 is 0. The first-order valence-corrected chi connectivity index (χ1v) is 4.17. The van der Waals surface area contributed by atoms with Crippen molar-refractivity contribution in [2.75, 3.05) is 7.05 Å². The third-order valence-corrected chi connectivity index (χ3v) is 1.27. The second-order valence-electron chi connectivity index (χ2n) is 1.88. The first kappa shape index (κ1) is 13.7. The summed E-state index contributed by atoms with van der Waals surface area (Å²) in [5, 5.41) is 4.83. The van der Waals surface area contributed by atoms with E-state index in [1.807, 2.05) is 20.8 Å². The molecule has 72 valence electrons. The Bertz CT molecular complexity index is 122. The molecule has 0 fully saturated rings. The maximum absolute atomic E-state index is 10.8. The van der Waals surface area contributed by atoms with Gasteiger partial charge in [0.2, 0.25) is 12.3 Å². The van der Waals surface area contributed by atoms with Crippen molar-refractivity contribution in [1.29, 1.82) is 0 Å². The molecule has 0 aliphatic rings. The number of carbonyl (C=O) groups is 2. The van der Waals surface area contributed by atoms with Gasteiger partial charge in [-0.15, -0.1) is 0 Å². The molecule has 0 aliphatic heterocycles. The minimum atomic E-state index is -0.278. The van der Waals surface area contributed by atoms with Crippen LogP contribution in [0, 0.1) is 0 Å². The van der Waals surface area contributed by atoms with Crippen LogP contribution in [0.3, 0.4) is 0 Å². The Morgan fingerprint density at radius 3 is 2.25 bits per heavy atom. The van der Waals surface area contributed by atoms with Crippen molar-refractivity contribution >= 4 is 12.3 Å². The fraction of sp³-hybridized carbons (Fsp3) is 0.750. The fourth-order valence-corrected chi connectivity index (χ4v) is 0.679. The minimum absolute atomic E-state index is 0.259. The maximum Gasteiger partial charge on any atom is 0.243 e. The van der Waals surface area contributed by atoms with Gasteiger partial charge in [0.05, 0.1) is 6.04 Å². The van der Waals surface area contributed by atoms with Gasteiger partial charge in [-0.1, -0.05) is 20.8 Å². The van der Waals surface area contributed by atoms with Crippen molar-refractivity contribution in [3.63, 3.8) is 0 Å². The Hall–Kier alpha value is -0.900. The third-order valence-electron chi connectivity index (χ3n) is 1.27. The summed E-state index contributed by atoms with van der Waals surface area (Å²) in [4.78, 5) is 20.6. The Labute approximate surface area is 73.7 Å². The van der Waals surface area contributed by atoms with Gasteiger partial charge in [0.15, 0.2) is 0 Å². The van der Waals surface area contributed by atoms with E-state index >= 15 is 0 Å². The van der Waals surface area contributed by atoms with Crippen molar-refractivity contribution in [2.24, 2.45) is 0 Å². The van der Waals surface area contributed by atoms with Gasteiger partial charge in [-0.05, 0) is 13.5 Å². The van der Waals surface area contributed by atoms with Crippen molar-refractivity contribution in [2.45, 2.75) is 33.2 Å². The van der Waals surface area contributed by atoms with Crippen LogP contribution < -0.4 is 10.6 Å². The van der Waals surface area contributed by atoms with Crippen molar-refractivity contribution in [3.05, 3.63) is 0 Å². The molecule has 0 aromatic carbocycles. The molecule has 1 atom stereocenters. The largest absolute Gasteiger partial charge is 0.309 e. The van der Waals surface area contributed by atoms with Crippen LogP contribution in [0.5, 0.6) is 0 Å². The van der Waals surface area contributed by atoms with Crippen molar-refractivity contribution in [1.82, 2.24) is 10.6 Å². The van der Waals surface area contributed by atoms with Crippen LogP contribution in [0.2, 0.25) is 0 Å². The van der Waals surface area contributed by atoms with Crippen LogP contribution in [0.25, 0.3) is 0 Å². The molecule has 0 saturated heterocycles. The van der Waals surface area contributed by atoms with E-state index in [1.165, 1.54) is 0 Å². The molecule has 0 aromatic heterocycles. The smallest absolute Gasteiger partial charge is 0.243 e. The number of hydrogen-bond donors (Lipinski definition) is 2. The molecular formula is C8H18N2O2. The standard InChI is InChI=1S/C6H12N2O2.C2H6/c1-3-5(7-2)6(10)8-4-9;1-2/h4-5,7H,3H2,1-2H3,(H,8,9,10);1-2H3. The number of hydrogen-bond acceptors (Lipinski definition) is 3. The second-order valence-corrected chi connectivity index (χ2v) is 1.88. The summed E-state index contributed by atoms with van der Waals surface area (Å²) in [6.45, 7) is 5.87. The lowest BCUT2D eigenvalue weighted by Gasteiger charge is -2.09. The molecule has 2 amide bonds. The highest BCUT2D eigenvalue weighted by Crippen LogP contribution is 1.87. The molecule has 0 radical (unpaired) electrons. The summed E-state index contributed by atoms with van der Waals surface area (Å²) in [5.41, 5.74) is 0. The van der Waals surface area contributed by atoms with Crippen molar-refractivity contribution in [3.8, 4) is 0 Å². The van der Waals surface area contributed by atoms with Crippen LogP contribution in [0.1, 0.15) is 27.2 Å². The topological polar surface area (TPSA) is 58.2 Å². The number of rotatable bonds is 4. The van der Waals surface area contributed by atoms with Crippen LogP contribution in [-0.2, 0) is 9.59 Å². The first-order chi connectivity index (χ1) is 5.76. The first-order valence-electron chi connectivity index (χ1n) is 4.17. The monoisotopic (exact) mass is 174 g/mol. The summed E-state index contributed by atoms with van der Waals surface area (Å²) >= 11 is 0. The zero-order valence-electron chi connectivity index (χ0n) is 8.18. The quantitative estimate of drug-likeness (QED) is 0.602. The van der Waals surface area contributed by atoms with Gasteiger partial charge in [0, 0.05) is 0 Å². The minimum Gasteiger partial charge on any atom is -0.309 e. The van der Waals surface area contributed by atoms with Gasteiger partial charge >= 0.3 is 0 Å². The number of nitrogens with one attached hydrogen (secondary N) is 2. The highest BCUT2D eigenvalue weighted by atomic mass is 16.2. The molecule has 0 rings (SSSR count). The van der Waals surface area contributed by atoms with Gasteiger partial charge in [-0.2, -0.15) is 0 Å². The number of carbonyl (C=O) groups excluding carboxylic acids is 2. The lowest BCUT2D eigenvalue weighted by atomic mass is 10.2. The highest BCUT2D eigenvalue weighted by Gasteiger charge is 2.11. The number of imide groups is 1. The predicted octanol–water partition coefficient (Wildman–Crippen LogP) is 0.283. The van der Waals surface area contributed by atoms with E-state index < -0.39 is 0 Å². The van der Waals surface area contributed by atoms with E-state index in [0.717, 1.165) is 0 Å². The van der Waals surface area contributed by atoms with Gasteiger partial charge in [-0.25, -0.2) is 0 Å². The summed E-state index contributed by atoms with van der Waals surface area (Å²) in [5.74, 6) is -0.278. The molecular weight excluding hydrogens is 156 g/mol. The van der Waals surface area contributed by atoms with E-state index in [-0.39, 0.29) is 11.9 Å². The lowest BCUT2D eigenvalue weighted by Crippen LogP contribution is -2.41. The molecule has 4 heteroatoms. The normalized spacial score (nSPS) is 10.7. The molecule has 0 bridgehead atoms. The Morgan fingerprint density at radius 1 is 1.50 bits per heavy atom. The fourth-order valence-electron chi connectivity index (χ4n) is 0.679. The average Bonchev–Trinajstić information content (AvgIpc) is 2.11. The highest BCUT2D eigenvalue weighted by molar-refractivity contribution is 5.89. The third kappa shape index (κ3) is 5.85. The summed E-state index contributed by atoms with van der Waals surface area (Å²) in [6.07, 6.45) is 1.07. The van der Waals surface area contributed by atoms with E-state index in [1.54, 1.807) is 7.05 Å². The predicted molar refractivity (Wildman–Crippen MR) is 48.7 cm³/mol. The number of amides is 2. The zero-order valence-corrected chi connectivity index (χ0v) is 8.18. The molecule has 0 aliphatic carbocycles. The van der Waals surface area contributed by atoms with Gasteiger partial charge in [-0.3, -0.25) is 14.9 Å². The van der Waals surface area contributed by atoms with E-state index in [0.29, 0.717) is 12.8 Å². The summed E-state index contributed by atoms with van der Waals surface area (Å²) in [6, 6.07) is -0.259. The maximum atomic E-state index is 10.8. The van der Waals surface area contributed by atoms with Gasteiger partial charge < -0.3 is 5.32 Å². The van der Waals surface area contributed by atoms with Gasteiger partial charge in [0.25, 0.3) is 0 Å². The second kappa shape index (κ2) is 10.1. The van der Waals surface area contributed by atoms with E-state index in [4.69, 9.17) is 0 Å². The summed E-state index contributed by atoms with van der Waals surface area (Å²) in [7, 11) is 1.68. The van der Waals surface area contributed by atoms with Gasteiger partial charge in [0.1, 0.15) is 0 Å². The Morgan fingerprint density at radius 2 is 2.00 bits per heavy atom. The van der Waals surface area contributed by atoms with Crippen LogP contribution >= 0.6 is 0 Å². The van der Waals surface area contributed by atoms with Crippen LogP contribution in [-0.4, -0.2) is 25.4 Å². The Balaban J connectivity index is 0. The van der Waals surface area contributed by atoms with Crippen LogP contribution in [0.4, 0.5) is 0 Å². The number of likely N-dealkylation sites (N-methyl/N-ethyl adjacent to an activating group) is 1. The van der Waals surface area contributed by atoms with E-state index in [2.05, 4.69) is 10.6 Å². The molecule has 4 nitrogen and oxygen atoms in total. The SMILES string of the molecule is CC.CCC(NC)C(=O)NC=O. The molecule has 1 unspecified atom stereocenters. The molecule has 0 heterocycles. The Kier molecular flexibility index (Phi) is 11.5. The molecule has 2 N–H and O–H groups in total. The molecule has 0 saturated carbocycles. The molecule has 0 spiro atoms. The molecule has 12 heavy (non-hydrogen) atoms. The van der Waals surface area contributed by atoms with E-state index in [9.17, 15) is 9.59 Å². The average molecular weight is 174 g/mol. The van der Waals surface area contributed by atoms with Crippen LogP contribution in [0.15, 0.2) is 0 Å². The zero-order chi connectivity index (χ0) is 9.98.